The first-order chi connectivity index (χ1) is 10.9. The average Bonchev–Trinajstić information content (AvgIpc) is 3.02. The number of H-pyrrole nitrogens is 1. The van der Waals surface area contributed by atoms with E-state index in [0.717, 1.165) is 36.5 Å². The molecule has 22 heavy (non-hydrogen) atoms. The zero-order valence-electron chi connectivity index (χ0n) is 12.8. The lowest BCUT2D eigenvalue weighted by molar-refractivity contribution is 0.570. The molecule has 1 aliphatic heterocycles. The van der Waals surface area contributed by atoms with Crippen LogP contribution in [0.15, 0.2) is 48.5 Å². The summed E-state index contributed by atoms with van der Waals surface area (Å²) in [7, 11) is 0. The summed E-state index contributed by atoms with van der Waals surface area (Å²) in [5.74, 6) is 1.04. The normalized spacial score (nSPS) is 15.4. The second kappa shape index (κ2) is 5.84. The van der Waals surface area contributed by atoms with Gasteiger partial charge in [-0.05, 0) is 42.9 Å². The van der Waals surface area contributed by atoms with Crippen LogP contribution < -0.4 is 4.90 Å². The van der Waals surface area contributed by atoms with Gasteiger partial charge in [0.25, 0.3) is 0 Å². The molecular weight excluding hydrogens is 270 g/mol. The van der Waals surface area contributed by atoms with Gasteiger partial charge < -0.3 is 9.88 Å². The number of anilines is 1. The number of fused-ring (bicyclic) bond motifs is 1. The van der Waals surface area contributed by atoms with Crippen LogP contribution in [0.2, 0.25) is 0 Å². The van der Waals surface area contributed by atoms with Crippen molar-refractivity contribution in [3.05, 3.63) is 59.7 Å². The molecule has 3 aromatic rings. The van der Waals surface area contributed by atoms with Crippen molar-refractivity contribution < 1.29 is 0 Å². The number of benzene rings is 2. The summed E-state index contributed by atoms with van der Waals surface area (Å²) in [5.41, 5.74) is 4.89. The number of aromatic amines is 1. The summed E-state index contributed by atoms with van der Waals surface area (Å²) in [5, 5.41) is 0. The maximum atomic E-state index is 4.90. The van der Waals surface area contributed by atoms with Crippen molar-refractivity contribution in [2.75, 3.05) is 18.0 Å². The zero-order valence-corrected chi connectivity index (χ0v) is 12.8. The maximum absolute atomic E-state index is 4.90. The second-order valence-corrected chi connectivity index (χ2v) is 6.08. The molecule has 112 valence electrons. The molecule has 1 aliphatic rings. The molecule has 4 rings (SSSR count). The van der Waals surface area contributed by atoms with Crippen LogP contribution in [-0.4, -0.2) is 23.1 Å². The molecule has 1 saturated heterocycles. The third-order valence-corrected chi connectivity index (χ3v) is 4.48. The molecule has 1 aromatic heterocycles. The molecule has 2 aromatic carbocycles. The summed E-state index contributed by atoms with van der Waals surface area (Å²) in [4.78, 5) is 10.8. The summed E-state index contributed by atoms with van der Waals surface area (Å²) in [6.45, 7) is 2.24. The summed E-state index contributed by atoms with van der Waals surface area (Å²) in [6.07, 6.45) is 4.82. The van der Waals surface area contributed by atoms with Gasteiger partial charge in [-0.15, -0.1) is 0 Å². The molecule has 0 aliphatic carbocycles. The highest BCUT2D eigenvalue weighted by Gasteiger charge is 2.15. The van der Waals surface area contributed by atoms with Gasteiger partial charge in [0.05, 0.1) is 11.0 Å². The number of hydrogen-bond acceptors (Lipinski definition) is 2. The number of hydrogen-bond donors (Lipinski definition) is 1. The molecule has 0 unspecified atom stereocenters. The van der Waals surface area contributed by atoms with E-state index >= 15 is 0 Å². The molecule has 1 N–H and O–H groups in total. The van der Waals surface area contributed by atoms with Gasteiger partial charge in [0, 0.05) is 13.1 Å². The number of aromatic nitrogens is 2. The van der Waals surface area contributed by atoms with E-state index < -0.39 is 0 Å². The van der Waals surface area contributed by atoms with Crippen molar-refractivity contribution >= 4 is 17.0 Å². The van der Waals surface area contributed by atoms with Crippen LogP contribution in [0.5, 0.6) is 0 Å². The summed E-state index contributed by atoms with van der Waals surface area (Å²) < 4.78 is 0. The molecule has 0 saturated carbocycles. The van der Waals surface area contributed by atoms with Crippen LogP contribution in [0.4, 0.5) is 5.95 Å². The van der Waals surface area contributed by atoms with Crippen LogP contribution in [-0.2, 0) is 6.42 Å². The third kappa shape index (κ3) is 2.59. The Kier molecular flexibility index (Phi) is 3.55. The summed E-state index contributed by atoms with van der Waals surface area (Å²) in [6, 6.07) is 17.1. The lowest BCUT2D eigenvalue weighted by Crippen LogP contribution is -2.30. The van der Waals surface area contributed by atoms with Gasteiger partial charge >= 0.3 is 0 Å². The van der Waals surface area contributed by atoms with Gasteiger partial charge in [-0.3, -0.25) is 0 Å². The lowest BCUT2D eigenvalue weighted by atomic mass is 10.0. The molecule has 2 heterocycles. The molecule has 0 amide bonds. The van der Waals surface area contributed by atoms with Gasteiger partial charge in [-0.25, -0.2) is 4.98 Å². The molecule has 0 atom stereocenters. The SMILES string of the molecule is c1ccc(Cc2cccc3[nH]c(N4CCCCC4)nc23)cc1. The van der Waals surface area contributed by atoms with Crippen molar-refractivity contribution in [2.45, 2.75) is 25.7 Å². The van der Waals surface area contributed by atoms with E-state index in [1.165, 1.54) is 30.4 Å². The number of rotatable bonds is 3. The summed E-state index contributed by atoms with van der Waals surface area (Å²) >= 11 is 0. The van der Waals surface area contributed by atoms with E-state index in [9.17, 15) is 0 Å². The molecule has 3 heteroatoms. The Morgan fingerprint density at radius 3 is 2.55 bits per heavy atom. The second-order valence-electron chi connectivity index (χ2n) is 6.08. The first-order valence-corrected chi connectivity index (χ1v) is 8.17. The van der Waals surface area contributed by atoms with E-state index in [0.29, 0.717) is 0 Å². The number of imidazole rings is 1. The Morgan fingerprint density at radius 2 is 1.73 bits per heavy atom. The fourth-order valence-corrected chi connectivity index (χ4v) is 3.29. The van der Waals surface area contributed by atoms with Crippen LogP contribution >= 0.6 is 0 Å². The Bertz CT molecular complexity index is 755. The van der Waals surface area contributed by atoms with Crippen LogP contribution in [0, 0.1) is 0 Å². The standard InChI is InChI=1S/C19H21N3/c1-3-8-15(9-4-1)14-16-10-7-11-17-18(16)21-19(20-17)22-12-5-2-6-13-22/h1,3-4,7-11H,2,5-6,12-14H2,(H,20,21). The highest BCUT2D eigenvalue weighted by atomic mass is 15.3. The van der Waals surface area contributed by atoms with Crippen LogP contribution in [0.3, 0.4) is 0 Å². The Morgan fingerprint density at radius 1 is 0.909 bits per heavy atom. The van der Waals surface area contributed by atoms with Gasteiger partial charge in [0.1, 0.15) is 0 Å². The first kappa shape index (κ1) is 13.4. The molecule has 3 nitrogen and oxygen atoms in total. The molecular formula is C19H21N3. The van der Waals surface area contributed by atoms with Crippen molar-refractivity contribution in [2.24, 2.45) is 0 Å². The van der Waals surface area contributed by atoms with E-state index in [4.69, 9.17) is 4.98 Å². The van der Waals surface area contributed by atoms with E-state index in [1.807, 2.05) is 0 Å². The molecule has 0 radical (unpaired) electrons. The van der Waals surface area contributed by atoms with Gasteiger partial charge in [0.2, 0.25) is 5.95 Å². The highest BCUT2D eigenvalue weighted by molar-refractivity contribution is 5.81. The quantitative estimate of drug-likeness (QED) is 0.786. The van der Waals surface area contributed by atoms with Gasteiger partial charge in [-0.1, -0.05) is 42.5 Å². The van der Waals surface area contributed by atoms with Crippen LogP contribution in [0.25, 0.3) is 11.0 Å². The maximum Gasteiger partial charge on any atom is 0.203 e. The largest absolute Gasteiger partial charge is 0.342 e. The average molecular weight is 291 g/mol. The molecule has 0 bridgehead atoms. The van der Waals surface area contributed by atoms with Crippen LogP contribution in [0.1, 0.15) is 30.4 Å². The molecule has 0 spiro atoms. The number of nitrogens with one attached hydrogen (secondary N) is 1. The number of piperidine rings is 1. The van der Waals surface area contributed by atoms with E-state index in [-0.39, 0.29) is 0 Å². The minimum absolute atomic E-state index is 0.933. The Balaban J connectivity index is 1.68. The first-order valence-electron chi connectivity index (χ1n) is 8.17. The predicted octanol–water partition coefficient (Wildman–Crippen LogP) is 4.14. The van der Waals surface area contributed by atoms with Gasteiger partial charge in [0.15, 0.2) is 0 Å². The minimum atomic E-state index is 0.933. The lowest BCUT2D eigenvalue weighted by Gasteiger charge is -2.25. The topological polar surface area (TPSA) is 31.9 Å². The Labute approximate surface area is 131 Å². The van der Waals surface area contributed by atoms with Crippen molar-refractivity contribution in [1.82, 2.24) is 9.97 Å². The van der Waals surface area contributed by atoms with Gasteiger partial charge in [-0.2, -0.15) is 0 Å². The third-order valence-electron chi connectivity index (χ3n) is 4.48. The minimum Gasteiger partial charge on any atom is -0.342 e. The Hall–Kier alpha value is -2.29. The zero-order chi connectivity index (χ0) is 14.8. The number of para-hydroxylation sites is 1. The number of nitrogens with zero attached hydrogens (tertiary/aromatic N) is 2. The monoisotopic (exact) mass is 291 g/mol. The fraction of sp³-hybridized carbons (Fsp3) is 0.316. The fourth-order valence-electron chi connectivity index (χ4n) is 3.29. The van der Waals surface area contributed by atoms with E-state index in [1.54, 1.807) is 0 Å². The van der Waals surface area contributed by atoms with Crippen molar-refractivity contribution in [1.29, 1.82) is 0 Å². The predicted molar refractivity (Wildman–Crippen MR) is 91.4 cm³/mol. The highest BCUT2D eigenvalue weighted by Crippen LogP contribution is 2.24. The van der Waals surface area contributed by atoms with E-state index in [2.05, 4.69) is 58.4 Å². The molecule has 1 fully saturated rings. The van der Waals surface area contributed by atoms with Crippen molar-refractivity contribution in [3.63, 3.8) is 0 Å². The van der Waals surface area contributed by atoms with Crippen molar-refractivity contribution in [3.8, 4) is 0 Å². The smallest absolute Gasteiger partial charge is 0.203 e.